The number of hydrogen-bond acceptors (Lipinski definition) is 10. The maximum absolute atomic E-state index is 13.1. The van der Waals surface area contributed by atoms with Gasteiger partial charge in [-0.25, -0.2) is 4.98 Å². The summed E-state index contributed by atoms with van der Waals surface area (Å²) < 4.78 is 17.4. The number of ether oxygens (including phenoxy) is 2. The Balaban J connectivity index is 1.35. The molecule has 13 heteroatoms. The number of benzene rings is 2. The second kappa shape index (κ2) is 11.5. The normalized spacial score (nSPS) is 14.8. The van der Waals surface area contributed by atoms with Gasteiger partial charge in [0.05, 0.1) is 24.6 Å². The van der Waals surface area contributed by atoms with Crippen LogP contribution in [0.5, 0.6) is 17.2 Å². The topological polar surface area (TPSA) is 157 Å². The van der Waals surface area contributed by atoms with Crippen LogP contribution in [0.1, 0.15) is 28.4 Å². The first-order valence-electron chi connectivity index (χ1n) is 12.3. The van der Waals surface area contributed by atoms with Crippen molar-refractivity contribution in [2.75, 3.05) is 25.5 Å². The van der Waals surface area contributed by atoms with E-state index in [1.807, 2.05) is 0 Å². The molecule has 1 aliphatic rings. The lowest BCUT2D eigenvalue weighted by Crippen LogP contribution is -2.25. The molecule has 0 radical (unpaired) electrons. The molecule has 1 fully saturated rings. The number of aromatic nitrogens is 3. The molecule has 2 N–H and O–H groups in total. The zero-order valence-electron chi connectivity index (χ0n) is 21.6. The number of hydrogen-bond donors (Lipinski definition) is 2. The van der Waals surface area contributed by atoms with Gasteiger partial charge in [-0.3, -0.25) is 19.7 Å². The minimum absolute atomic E-state index is 0.0165. The Hall–Kier alpha value is -4.78. The van der Waals surface area contributed by atoms with E-state index in [-0.39, 0.29) is 35.5 Å². The van der Waals surface area contributed by atoms with Gasteiger partial charge in [0.1, 0.15) is 17.2 Å². The summed E-state index contributed by atoms with van der Waals surface area (Å²) in [6, 6.07) is 11.8. The molecule has 2 aromatic carbocycles. The number of aliphatic carboxylic acids is 1. The molecule has 2 aromatic heterocycles. The van der Waals surface area contributed by atoms with Crippen molar-refractivity contribution in [3.63, 3.8) is 0 Å². The van der Waals surface area contributed by atoms with Crippen molar-refractivity contribution in [3.8, 4) is 28.7 Å². The molecule has 0 bridgehead atoms. The van der Waals surface area contributed by atoms with Gasteiger partial charge in [-0.2, -0.15) is 0 Å². The van der Waals surface area contributed by atoms with Gasteiger partial charge in [-0.15, -0.1) is 21.5 Å². The number of thiazole rings is 1. The molecule has 0 spiro atoms. The third-order valence-electron chi connectivity index (χ3n) is 6.10. The Kier molecular flexibility index (Phi) is 7.73. The first kappa shape index (κ1) is 26.8. The van der Waals surface area contributed by atoms with Crippen LogP contribution < -0.4 is 14.8 Å². The van der Waals surface area contributed by atoms with E-state index in [0.29, 0.717) is 47.7 Å². The number of aryl methyl sites for hydroxylation is 1. The Morgan fingerprint density at radius 1 is 1.15 bits per heavy atom. The van der Waals surface area contributed by atoms with Gasteiger partial charge in [-0.05, 0) is 42.8 Å². The van der Waals surface area contributed by atoms with Crippen molar-refractivity contribution in [3.05, 3.63) is 65.0 Å². The monoisotopic (exact) mass is 563 g/mol. The number of carbonyl (C=O) groups is 3. The van der Waals surface area contributed by atoms with E-state index in [1.165, 1.54) is 0 Å². The SMILES string of the molecule is Cc1nnc(-c2ccc(Oc3cc(OCC4CCN(C)C4=O)cc(C(=O)Nc4nc(CC(=O)O)cs4)c3)cc2)o1. The molecule has 40 heavy (non-hydrogen) atoms. The molecule has 12 nitrogen and oxygen atoms in total. The summed E-state index contributed by atoms with van der Waals surface area (Å²) >= 11 is 1.13. The summed E-state index contributed by atoms with van der Waals surface area (Å²) in [6.07, 6.45) is 0.446. The van der Waals surface area contributed by atoms with Gasteiger partial charge in [0.2, 0.25) is 17.7 Å². The van der Waals surface area contributed by atoms with Crippen molar-refractivity contribution >= 4 is 34.3 Å². The van der Waals surface area contributed by atoms with Crippen LogP contribution in [0.3, 0.4) is 0 Å². The van der Waals surface area contributed by atoms with E-state index < -0.39 is 11.9 Å². The standard InChI is InChI=1S/C27H25N5O7S/c1-15-30-31-25(38-15)16-3-5-20(6-4-16)39-22-10-18(24(35)29-27-28-19(14-40-27)11-23(33)34)9-21(12-22)37-13-17-7-8-32(2)26(17)36/h3-6,9-10,12,14,17H,7-8,11,13H2,1-2H3,(H,33,34)(H,28,29,35). The quantitative estimate of drug-likeness (QED) is 0.289. The molecule has 5 rings (SSSR count). The number of likely N-dealkylation sites (tertiary alicyclic amines) is 1. The van der Waals surface area contributed by atoms with Gasteiger partial charge in [0.15, 0.2) is 5.13 Å². The second-order valence-corrected chi connectivity index (χ2v) is 10.0. The van der Waals surface area contributed by atoms with Gasteiger partial charge >= 0.3 is 5.97 Å². The summed E-state index contributed by atoms with van der Waals surface area (Å²) in [5.74, 6) is 0.289. The largest absolute Gasteiger partial charge is 0.493 e. The van der Waals surface area contributed by atoms with Crippen molar-refractivity contribution in [1.29, 1.82) is 0 Å². The predicted molar refractivity (Wildman–Crippen MR) is 144 cm³/mol. The molecule has 206 valence electrons. The van der Waals surface area contributed by atoms with Crippen molar-refractivity contribution in [2.24, 2.45) is 5.92 Å². The second-order valence-electron chi connectivity index (χ2n) is 9.17. The van der Waals surface area contributed by atoms with E-state index in [9.17, 15) is 14.4 Å². The molecule has 1 atom stereocenters. The van der Waals surface area contributed by atoms with Crippen LogP contribution in [0.25, 0.3) is 11.5 Å². The van der Waals surface area contributed by atoms with Crippen LogP contribution in [0.2, 0.25) is 0 Å². The highest BCUT2D eigenvalue weighted by Crippen LogP contribution is 2.31. The number of nitrogens with one attached hydrogen (secondary N) is 1. The summed E-state index contributed by atoms with van der Waals surface area (Å²) in [6.45, 7) is 2.54. The number of carboxylic acids is 1. The molecule has 1 unspecified atom stereocenters. The first-order chi connectivity index (χ1) is 19.2. The summed E-state index contributed by atoms with van der Waals surface area (Å²) in [5, 5.41) is 21.3. The van der Waals surface area contributed by atoms with Crippen molar-refractivity contribution < 1.29 is 33.4 Å². The van der Waals surface area contributed by atoms with E-state index in [4.69, 9.17) is 19.0 Å². The van der Waals surface area contributed by atoms with E-state index in [1.54, 1.807) is 66.7 Å². The zero-order chi connectivity index (χ0) is 28.2. The third-order valence-corrected chi connectivity index (χ3v) is 6.91. The molecule has 0 saturated carbocycles. The number of amides is 2. The van der Waals surface area contributed by atoms with E-state index in [2.05, 4.69) is 20.5 Å². The lowest BCUT2D eigenvalue weighted by molar-refractivity contribution is -0.136. The highest BCUT2D eigenvalue weighted by Gasteiger charge is 2.29. The molecule has 0 aliphatic carbocycles. The van der Waals surface area contributed by atoms with Crippen LogP contribution in [0, 0.1) is 12.8 Å². The molecule has 3 heterocycles. The van der Waals surface area contributed by atoms with Crippen LogP contribution in [0.4, 0.5) is 5.13 Å². The van der Waals surface area contributed by atoms with Gasteiger partial charge in [0, 0.05) is 43.1 Å². The fourth-order valence-corrected chi connectivity index (χ4v) is 4.78. The third kappa shape index (κ3) is 6.43. The highest BCUT2D eigenvalue weighted by molar-refractivity contribution is 7.14. The molecular weight excluding hydrogens is 538 g/mol. The molecular formula is C27H25N5O7S. The fourth-order valence-electron chi connectivity index (χ4n) is 4.08. The highest BCUT2D eigenvalue weighted by atomic mass is 32.1. The lowest BCUT2D eigenvalue weighted by Gasteiger charge is -2.14. The zero-order valence-corrected chi connectivity index (χ0v) is 22.4. The van der Waals surface area contributed by atoms with Gasteiger partial charge in [0.25, 0.3) is 5.91 Å². The minimum Gasteiger partial charge on any atom is -0.493 e. The van der Waals surface area contributed by atoms with Gasteiger partial charge in [-0.1, -0.05) is 0 Å². The van der Waals surface area contributed by atoms with E-state index >= 15 is 0 Å². The number of anilines is 1. The Bertz CT molecular complexity index is 1550. The minimum atomic E-state index is -1.01. The summed E-state index contributed by atoms with van der Waals surface area (Å²) in [4.78, 5) is 42.2. The van der Waals surface area contributed by atoms with Crippen molar-refractivity contribution in [1.82, 2.24) is 20.1 Å². The smallest absolute Gasteiger partial charge is 0.309 e. The predicted octanol–water partition coefficient (Wildman–Crippen LogP) is 4.03. The molecule has 1 aliphatic heterocycles. The summed E-state index contributed by atoms with van der Waals surface area (Å²) in [7, 11) is 1.75. The maximum Gasteiger partial charge on any atom is 0.309 e. The Morgan fingerprint density at radius 2 is 1.93 bits per heavy atom. The number of carbonyl (C=O) groups excluding carboxylic acids is 2. The molecule has 4 aromatic rings. The van der Waals surface area contributed by atoms with Crippen LogP contribution in [-0.2, 0) is 16.0 Å². The van der Waals surface area contributed by atoms with Gasteiger partial charge < -0.3 is 23.9 Å². The fraction of sp³-hybridized carbons (Fsp3) is 0.259. The molecule has 1 saturated heterocycles. The lowest BCUT2D eigenvalue weighted by atomic mass is 10.1. The van der Waals surface area contributed by atoms with Crippen molar-refractivity contribution in [2.45, 2.75) is 19.8 Å². The molecule has 2 amide bonds. The average molecular weight is 564 g/mol. The number of carboxylic acid groups (broad SMARTS) is 1. The first-order valence-corrected chi connectivity index (χ1v) is 13.2. The van der Waals surface area contributed by atoms with Crippen LogP contribution >= 0.6 is 11.3 Å². The maximum atomic E-state index is 13.1. The van der Waals surface area contributed by atoms with E-state index in [0.717, 1.165) is 16.9 Å². The van der Waals surface area contributed by atoms with Crippen LogP contribution in [0.15, 0.2) is 52.3 Å². The Morgan fingerprint density at radius 3 is 2.60 bits per heavy atom. The number of rotatable bonds is 10. The number of nitrogens with zero attached hydrogens (tertiary/aromatic N) is 4. The summed E-state index contributed by atoms with van der Waals surface area (Å²) in [5.41, 5.74) is 1.30. The average Bonchev–Trinajstić information content (AvgIpc) is 3.64. The Labute approximate surface area is 232 Å². The van der Waals surface area contributed by atoms with Crippen LogP contribution in [-0.4, -0.2) is 63.2 Å².